The molecule has 1 amide bonds. The van der Waals surface area contributed by atoms with E-state index in [9.17, 15) is 9.59 Å². The van der Waals surface area contributed by atoms with E-state index in [0.717, 1.165) is 34.0 Å². The lowest BCUT2D eigenvalue weighted by atomic mass is 10.0. The van der Waals surface area contributed by atoms with Crippen LogP contribution in [0.15, 0.2) is 53.3 Å². The van der Waals surface area contributed by atoms with Crippen molar-refractivity contribution < 1.29 is 4.79 Å². The molecule has 0 aliphatic carbocycles. The van der Waals surface area contributed by atoms with Crippen LogP contribution in [0.2, 0.25) is 5.02 Å². The highest BCUT2D eigenvalue weighted by Gasteiger charge is 2.25. The van der Waals surface area contributed by atoms with Gasteiger partial charge in [0.15, 0.2) is 0 Å². The number of rotatable bonds is 1. The number of hydrogen-bond donors (Lipinski definition) is 2. The van der Waals surface area contributed by atoms with E-state index in [0.29, 0.717) is 29.2 Å². The van der Waals surface area contributed by atoms with Crippen LogP contribution in [-0.4, -0.2) is 27.3 Å². The monoisotopic (exact) mass is 377 g/mol. The minimum Gasteiger partial charge on any atom is -0.358 e. The van der Waals surface area contributed by atoms with E-state index in [1.807, 2.05) is 36.4 Å². The third kappa shape index (κ3) is 2.62. The summed E-state index contributed by atoms with van der Waals surface area (Å²) >= 11 is 6.15. The van der Waals surface area contributed by atoms with Crippen molar-refractivity contribution in [2.24, 2.45) is 0 Å². The number of aromatic amines is 2. The molecule has 1 aliphatic rings. The first kappa shape index (κ1) is 16.1. The van der Waals surface area contributed by atoms with Gasteiger partial charge in [-0.2, -0.15) is 0 Å². The lowest BCUT2D eigenvalue weighted by Crippen LogP contribution is -2.36. The van der Waals surface area contributed by atoms with Crippen molar-refractivity contribution in [3.05, 3.63) is 80.9 Å². The van der Waals surface area contributed by atoms with Gasteiger partial charge in [-0.05, 0) is 35.7 Å². The van der Waals surface area contributed by atoms with E-state index in [2.05, 4.69) is 9.97 Å². The van der Waals surface area contributed by atoms with Crippen LogP contribution in [-0.2, 0) is 13.0 Å². The van der Waals surface area contributed by atoms with Crippen molar-refractivity contribution in [1.29, 1.82) is 0 Å². The predicted molar refractivity (Wildman–Crippen MR) is 106 cm³/mol. The van der Waals surface area contributed by atoms with Gasteiger partial charge >= 0.3 is 0 Å². The second kappa shape index (κ2) is 5.99. The van der Waals surface area contributed by atoms with E-state index in [1.165, 1.54) is 0 Å². The standard InChI is InChI=1S/C21H16ClN3O2/c22-13-5-6-17-15(10-13)16-11-25(8-7-18(16)23-17)21(27)19-9-12-3-1-2-4-14(12)20(26)24-19/h1-6,9-10,23H,7-8,11H2,(H,24,26). The van der Waals surface area contributed by atoms with Gasteiger partial charge in [0, 0.05) is 52.1 Å². The van der Waals surface area contributed by atoms with Gasteiger partial charge in [-0.15, -0.1) is 0 Å². The summed E-state index contributed by atoms with van der Waals surface area (Å²) in [7, 11) is 0. The third-order valence-corrected chi connectivity index (χ3v) is 5.44. The van der Waals surface area contributed by atoms with Crippen LogP contribution in [0, 0.1) is 0 Å². The molecule has 0 saturated heterocycles. The molecule has 0 bridgehead atoms. The number of carbonyl (C=O) groups is 1. The average Bonchev–Trinajstić information content (AvgIpc) is 3.04. The quantitative estimate of drug-likeness (QED) is 0.529. The number of aromatic nitrogens is 2. The molecular weight excluding hydrogens is 362 g/mol. The number of nitrogens with zero attached hydrogens (tertiary/aromatic N) is 1. The Hall–Kier alpha value is -3.05. The first-order chi connectivity index (χ1) is 13.1. The van der Waals surface area contributed by atoms with Crippen LogP contribution >= 0.6 is 11.6 Å². The number of fused-ring (bicyclic) bond motifs is 4. The Bertz CT molecular complexity index is 1270. The Morgan fingerprint density at radius 1 is 1.04 bits per heavy atom. The molecule has 1 aliphatic heterocycles. The highest BCUT2D eigenvalue weighted by atomic mass is 35.5. The van der Waals surface area contributed by atoms with E-state index in [4.69, 9.17) is 11.6 Å². The maximum Gasteiger partial charge on any atom is 0.270 e. The molecule has 6 heteroatoms. The summed E-state index contributed by atoms with van der Waals surface area (Å²) in [6, 6.07) is 14.8. The van der Waals surface area contributed by atoms with Crippen LogP contribution < -0.4 is 5.56 Å². The molecule has 2 N–H and O–H groups in total. The number of hydrogen-bond acceptors (Lipinski definition) is 2. The number of nitrogens with one attached hydrogen (secondary N) is 2. The summed E-state index contributed by atoms with van der Waals surface area (Å²) in [5, 5.41) is 3.07. The SMILES string of the molecule is O=C(c1cc2ccccc2c(=O)[nH]1)N1CCc2[nH]c3ccc(Cl)cc3c2C1. The molecule has 2 aromatic carbocycles. The molecule has 0 unspecified atom stereocenters. The predicted octanol–water partition coefficient (Wildman–Crippen LogP) is 3.86. The van der Waals surface area contributed by atoms with Crippen molar-refractivity contribution in [2.45, 2.75) is 13.0 Å². The number of carbonyl (C=O) groups excluding carboxylic acids is 1. The molecule has 0 atom stereocenters. The Balaban J connectivity index is 1.53. The highest BCUT2D eigenvalue weighted by Crippen LogP contribution is 2.30. The highest BCUT2D eigenvalue weighted by molar-refractivity contribution is 6.31. The fraction of sp³-hybridized carbons (Fsp3) is 0.143. The van der Waals surface area contributed by atoms with Crippen molar-refractivity contribution >= 4 is 39.2 Å². The zero-order valence-corrected chi connectivity index (χ0v) is 15.1. The first-order valence-corrected chi connectivity index (χ1v) is 9.18. The largest absolute Gasteiger partial charge is 0.358 e. The fourth-order valence-corrected chi connectivity index (χ4v) is 4.03. The molecule has 0 radical (unpaired) electrons. The number of amides is 1. The van der Waals surface area contributed by atoms with Crippen LogP contribution in [0.3, 0.4) is 0 Å². The zero-order chi connectivity index (χ0) is 18.5. The Morgan fingerprint density at radius 3 is 2.78 bits per heavy atom. The molecule has 0 spiro atoms. The molecule has 4 aromatic rings. The van der Waals surface area contributed by atoms with Gasteiger partial charge in [0.1, 0.15) is 5.69 Å². The van der Waals surface area contributed by atoms with Gasteiger partial charge in [-0.25, -0.2) is 0 Å². The van der Waals surface area contributed by atoms with Crippen molar-refractivity contribution in [3.8, 4) is 0 Å². The smallest absolute Gasteiger partial charge is 0.270 e. The van der Waals surface area contributed by atoms with Crippen LogP contribution in [0.4, 0.5) is 0 Å². The minimum absolute atomic E-state index is 0.167. The zero-order valence-electron chi connectivity index (χ0n) is 14.4. The first-order valence-electron chi connectivity index (χ1n) is 8.80. The third-order valence-electron chi connectivity index (χ3n) is 5.21. The summed E-state index contributed by atoms with van der Waals surface area (Å²) < 4.78 is 0. The van der Waals surface area contributed by atoms with Crippen LogP contribution in [0.1, 0.15) is 21.7 Å². The number of halogens is 1. The van der Waals surface area contributed by atoms with Gasteiger partial charge in [0.25, 0.3) is 11.5 Å². The molecule has 5 rings (SSSR count). The normalized spacial score (nSPS) is 13.9. The summed E-state index contributed by atoms with van der Waals surface area (Å²) in [5.41, 5.74) is 3.34. The van der Waals surface area contributed by atoms with E-state index < -0.39 is 0 Å². The van der Waals surface area contributed by atoms with Crippen molar-refractivity contribution in [2.75, 3.05) is 6.54 Å². The van der Waals surface area contributed by atoms with Gasteiger partial charge in [0.05, 0.1) is 0 Å². The van der Waals surface area contributed by atoms with Gasteiger partial charge < -0.3 is 14.9 Å². The lowest BCUT2D eigenvalue weighted by molar-refractivity contribution is 0.0729. The van der Waals surface area contributed by atoms with Gasteiger partial charge in [-0.3, -0.25) is 9.59 Å². The fourth-order valence-electron chi connectivity index (χ4n) is 3.86. The summed E-state index contributed by atoms with van der Waals surface area (Å²) in [4.78, 5) is 33.3. The lowest BCUT2D eigenvalue weighted by Gasteiger charge is -2.27. The topological polar surface area (TPSA) is 69.0 Å². The van der Waals surface area contributed by atoms with Crippen LogP contribution in [0.25, 0.3) is 21.7 Å². The second-order valence-corrected chi connectivity index (χ2v) is 7.28. The Morgan fingerprint density at radius 2 is 1.89 bits per heavy atom. The molecule has 5 nitrogen and oxygen atoms in total. The molecule has 3 heterocycles. The maximum atomic E-state index is 13.0. The summed E-state index contributed by atoms with van der Waals surface area (Å²) in [6.45, 7) is 1.09. The molecule has 134 valence electrons. The Kier molecular flexibility index (Phi) is 3.58. The molecular formula is C21H16ClN3O2. The number of benzene rings is 2. The Labute approximate surface area is 159 Å². The van der Waals surface area contributed by atoms with E-state index in [-0.39, 0.29) is 11.5 Å². The maximum absolute atomic E-state index is 13.0. The van der Waals surface area contributed by atoms with Gasteiger partial charge in [-0.1, -0.05) is 29.8 Å². The number of pyridine rings is 1. The molecule has 2 aromatic heterocycles. The molecule has 0 fully saturated rings. The van der Waals surface area contributed by atoms with Crippen molar-refractivity contribution in [1.82, 2.24) is 14.9 Å². The summed E-state index contributed by atoms with van der Waals surface area (Å²) in [6.07, 6.45) is 0.741. The summed E-state index contributed by atoms with van der Waals surface area (Å²) in [5.74, 6) is -0.167. The second-order valence-electron chi connectivity index (χ2n) is 6.85. The van der Waals surface area contributed by atoms with E-state index in [1.54, 1.807) is 17.0 Å². The van der Waals surface area contributed by atoms with Gasteiger partial charge in [0.2, 0.25) is 0 Å². The van der Waals surface area contributed by atoms with E-state index >= 15 is 0 Å². The van der Waals surface area contributed by atoms with Crippen LogP contribution in [0.5, 0.6) is 0 Å². The average molecular weight is 378 g/mol. The molecule has 27 heavy (non-hydrogen) atoms. The molecule has 0 saturated carbocycles. The van der Waals surface area contributed by atoms with Crippen molar-refractivity contribution in [3.63, 3.8) is 0 Å². The number of H-pyrrole nitrogens is 2. The minimum atomic E-state index is -0.243.